The molecule has 0 aliphatic rings. The molecule has 0 atom stereocenters. The molecule has 0 spiro atoms. The molecule has 1 rings (SSSR count). The Kier molecular flexibility index (Phi) is 1.76. The van der Waals surface area contributed by atoms with E-state index in [1.54, 1.807) is 6.07 Å². The van der Waals surface area contributed by atoms with Crippen molar-refractivity contribution in [1.82, 2.24) is 0 Å². The van der Waals surface area contributed by atoms with E-state index >= 15 is 0 Å². The van der Waals surface area contributed by atoms with Gasteiger partial charge in [0.1, 0.15) is 0 Å². The molecule has 1 aromatic heterocycles. The summed E-state index contributed by atoms with van der Waals surface area (Å²) in [7, 11) is 3.76. The molecule has 0 aliphatic heterocycles. The van der Waals surface area contributed by atoms with Gasteiger partial charge in [-0.3, -0.25) is 5.41 Å². The Bertz CT molecular complexity index is 264. The fraction of sp³-hybridized carbons (Fsp3) is 0.286. The number of nitrogens with zero attached hydrogens (tertiary/aromatic N) is 1. The maximum atomic E-state index is 7.29. The third-order valence-electron chi connectivity index (χ3n) is 1.23. The molecule has 0 saturated heterocycles. The minimum atomic E-state index is 0.201. The topological polar surface area (TPSA) is 40.2 Å². The Balaban J connectivity index is 3.16. The van der Waals surface area contributed by atoms with Crippen molar-refractivity contribution in [3.63, 3.8) is 0 Å². The standard InChI is InChI=1S/C7H10N2O/c1-9(2)6-4-3-5-10-7(6)8/h3-5,8H,1-2H3. The fourth-order valence-corrected chi connectivity index (χ4v) is 0.726. The molecule has 0 bridgehead atoms. The first kappa shape index (κ1) is 6.86. The van der Waals surface area contributed by atoms with Gasteiger partial charge < -0.3 is 9.32 Å². The summed E-state index contributed by atoms with van der Waals surface area (Å²) in [5, 5.41) is 7.29. The van der Waals surface area contributed by atoms with Crippen LogP contribution in [0.3, 0.4) is 0 Å². The van der Waals surface area contributed by atoms with Crippen molar-refractivity contribution in [3.8, 4) is 0 Å². The molecule has 10 heavy (non-hydrogen) atoms. The Morgan fingerprint density at radius 2 is 2.20 bits per heavy atom. The lowest BCUT2D eigenvalue weighted by Crippen LogP contribution is -2.17. The fourth-order valence-electron chi connectivity index (χ4n) is 0.726. The molecule has 3 nitrogen and oxygen atoms in total. The van der Waals surface area contributed by atoms with Gasteiger partial charge in [-0.25, -0.2) is 0 Å². The predicted octanol–water partition coefficient (Wildman–Crippen LogP) is 0.825. The lowest BCUT2D eigenvalue weighted by Gasteiger charge is -2.09. The molecule has 54 valence electrons. The second-order valence-electron chi connectivity index (χ2n) is 2.22. The van der Waals surface area contributed by atoms with Crippen LogP contribution in [0, 0.1) is 5.41 Å². The molecular formula is C7H10N2O. The molecule has 0 unspecified atom stereocenters. The van der Waals surface area contributed by atoms with Crippen LogP contribution in [0.2, 0.25) is 0 Å². The van der Waals surface area contributed by atoms with Crippen molar-refractivity contribution in [1.29, 1.82) is 5.41 Å². The average molecular weight is 138 g/mol. The second kappa shape index (κ2) is 2.56. The lowest BCUT2D eigenvalue weighted by molar-refractivity contribution is 0.487. The molecule has 0 amide bonds. The van der Waals surface area contributed by atoms with Crippen molar-refractivity contribution >= 4 is 5.69 Å². The van der Waals surface area contributed by atoms with Crippen molar-refractivity contribution in [3.05, 3.63) is 23.9 Å². The van der Waals surface area contributed by atoms with Gasteiger partial charge in [0, 0.05) is 14.1 Å². The van der Waals surface area contributed by atoms with E-state index in [0.717, 1.165) is 5.69 Å². The molecule has 1 N–H and O–H groups in total. The Hall–Kier alpha value is -1.25. The lowest BCUT2D eigenvalue weighted by atomic mass is 10.4. The van der Waals surface area contributed by atoms with E-state index in [9.17, 15) is 0 Å². The number of hydrogen-bond acceptors (Lipinski definition) is 3. The van der Waals surface area contributed by atoms with Crippen LogP contribution in [0.15, 0.2) is 22.8 Å². The van der Waals surface area contributed by atoms with E-state index in [4.69, 9.17) is 9.83 Å². The molecule has 0 saturated carbocycles. The monoisotopic (exact) mass is 138 g/mol. The summed E-state index contributed by atoms with van der Waals surface area (Å²) in [6, 6.07) is 3.61. The smallest absolute Gasteiger partial charge is 0.234 e. The van der Waals surface area contributed by atoms with Gasteiger partial charge in [-0.05, 0) is 12.1 Å². The minimum Gasteiger partial charge on any atom is -0.445 e. The number of nitrogens with one attached hydrogen (secondary N) is 1. The van der Waals surface area contributed by atoms with E-state index in [0.29, 0.717) is 0 Å². The highest BCUT2D eigenvalue weighted by Crippen LogP contribution is 2.00. The Morgan fingerprint density at radius 3 is 2.60 bits per heavy atom. The first-order valence-corrected chi connectivity index (χ1v) is 3.01. The third kappa shape index (κ3) is 1.18. The maximum Gasteiger partial charge on any atom is 0.234 e. The molecular weight excluding hydrogens is 128 g/mol. The first-order valence-electron chi connectivity index (χ1n) is 3.01. The highest BCUT2D eigenvalue weighted by molar-refractivity contribution is 5.39. The van der Waals surface area contributed by atoms with Gasteiger partial charge in [-0.2, -0.15) is 0 Å². The van der Waals surface area contributed by atoms with E-state index in [-0.39, 0.29) is 5.55 Å². The largest absolute Gasteiger partial charge is 0.445 e. The normalized spacial score (nSPS) is 9.40. The minimum absolute atomic E-state index is 0.201. The average Bonchev–Trinajstić information content (AvgIpc) is 1.88. The Morgan fingerprint density at radius 1 is 1.50 bits per heavy atom. The van der Waals surface area contributed by atoms with E-state index in [2.05, 4.69) is 0 Å². The van der Waals surface area contributed by atoms with Gasteiger partial charge in [0.15, 0.2) is 0 Å². The molecule has 1 heterocycles. The molecule has 0 fully saturated rings. The highest BCUT2D eigenvalue weighted by atomic mass is 16.3. The highest BCUT2D eigenvalue weighted by Gasteiger charge is 1.95. The SMILES string of the molecule is CN(C)c1cccoc1=N. The predicted molar refractivity (Wildman–Crippen MR) is 38.9 cm³/mol. The zero-order valence-electron chi connectivity index (χ0n) is 6.09. The molecule has 0 aliphatic carbocycles. The van der Waals surface area contributed by atoms with Crippen molar-refractivity contribution in [2.24, 2.45) is 0 Å². The third-order valence-corrected chi connectivity index (χ3v) is 1.23. The summed E-state index contributed by atoms with van der Waals surface area (Å²) < 4.78 is 4.84. The van der Waals surface area contributed by atoms with Gasteiger partial charge >= 0.3 is 0 Å². The van der Waals surface area contributed by atoms with Crippen LogP contribution < -0.4 is 10.5 Å². The number of hydrogen-bond donors (Lipinski definition) is 1. The Labute approximate surface area is 59.4 Å². The van der Waals surface area contributed by atoms with Gasteiger partial charge in [-0.15, -0.1) is 0 Å². The first-order chi connectivity index (χ1) is 4.72. The maximum absolute atomic E-state index is 7.29. The van der Waals surface area contributed by atoms with Crippen molar-refractivity contribution in [2.75, 3.05) is 19.0 Å². The molecule has 1 aromatic rings. The summed E-state index contributed by atoms with van der Waals surface area (Å²) >= 11 is 0. The van der Waals surface area contributed by atoms with Crippen LogP contribution in [-0.4, -0.2) is 14.1 Å². The zero-order valence-corrected chi connectivity index (χ0v) is 6.09. The summed E-state index contributed by atoms with van der Waals surface area (Å²) in [4.78, 5) is 1.84. The van der Waals surface area contributed by atoms with Crippen molar-refractivity contribution in [2.45, 2.75) is 0 Å². The quantitative estimate of drug-likeness (QED) is 0.624. The van der Waals surface area contributed by atoms with E-state index in [1.807, 2.05) is 25.1 Å². The summed E-state index contributed by atoms with van der Waals surface area (Å²) in [5.74, 6) is 0. The second-order valence-corrected chi connectivity index (χ2v) is 2.22. The van der Waals surface area contributed by atoms with Crippen LogP contribution in [0.25, 0.3) is 0 Å². The van der Waals surface area contributed by atoms with Crippen LogP contribution in [-0.2, 0) is 0 Å². The van der Waals surface area contributed by atoms with Gasteiger partial charge in [0.25, 0.3) is 0 Å². The van der Waals surface area contributed by atoms with Crippen molar-refractivity contribution < 1.29 is 4.42 Å². The molecule has 0 aromatic carbocycles. The zero-order chi connectivity index (χ0) is 7.56. The van der Waals surface area contributed by atoms with Gasteiger partial charge in [0.05, 0.1) is 12.0 Å². The van der Waals surface area contributed by atoms with Crippen LogP contribution in [0.4, 0.5) is 5.69 Å². The number of anilines is 1. The summed E-state index contributed by atoms with van der Waals surface area (Å²) in [6.45, 7) is 0. The van der Waals surface area contributed by atoms with Crippen LogP contribution in [0.1, 0.15) is 0 Å². The number of rotatable bonds is 1. The van der Waals surface area contributed by atoms with Gasteiger partial charge in [0.2, 0.25) is 5.55 Å². The van der Waals surface area contributed by atoms with Crippen LogP contribution >= 0.6 is 0 Å². The molecule has 0 radical (unpaired) electrons. The van der Waals surface area contributed by atoms with E-state index < -0.39 is 0 Å². The summed E-state index contributed by atoms with van der Waals surface area (Å²) in [5.41, 5.74) is 0.995. The van der Waals surface area contributed by atoms with Gasteiger partial charge in [-0.1, -0.05) is 0 Å². The van der Waals surface area contributed by atoms with Crippen LogP contribution in [0.5, 0.6) is 0 Å². The summed E-state index contributed by atoms with van der Waals surface area (Å²) in [6.07, 6.45) is 1.50. The van der Waals surface area contributed by atoms with E-state index in [1.165, 1.54) is 6.26 Å². The molecule has 3 heteroatoms.